The number of para-hydroxylation sites is 2. The summed E-state index contributed by atoms with van der Waals surface area (Å²) in [7, 11) is 5.52. The lowest BCUT2D eigenvalue weighted by atomic mass is 10.2. The smallest absolute Gasteiger partial charge is 0.348 e. The normalized spacial score (nSPS) is 16.7. The number of anilines is 1. The molecule has 6 nitrogen and oxygen atoms in total. The fourth-order valence-electron chi connectivity index (χ4n) is 2.20. The van der Waals surface area contributed by atoms with Crippen molar-refractivity contribution < 1.29 is 19.2 Å². The van der Waals surface area contributed by atoms with Crippen molar-refractivity contribution in [1.29, 1.82) is 0 Å². The molecule has 1 atom stereocenters. The van der Waals surface area contributed by atoms with Crippen LogP contribution in [0.5, 0.6) is 5.75 Å². The summed E-state index contributed by atoms with van der Waals surface area (Å²) in [5, 5.41) is 3.82. The standard InChI is InChI=1S/C15H21N3O3S/c1-17(2)9-8-16-15(22)18-10-13(14(19)20-3)21-12-7-5-4-6-11(12)18/h4-7,13H,8-10H2,1-3H3,(H,16,22)/p+1/t13-/m1/s1. The number of quaternary nitrogens is 1. The highest BCUT2D eigenvalue weighted by molar-refractivity contribution is 7.80. The van der Waals surface area contributed by atoms with E-state index in [9.17, 15) is 4.79 Å². The van der Waals surface area contributed by atoms with Gasteiger partial charge in [0.05, 0.1) is 46.5 Å². The van der Waals surface area contributed by atoms with Crippen molar-refractivity contribution in [3.05, 3.63) is 24.3 Å². The summed E-state index contributed by atoms with van der Waals surface area (Å²) in [6.07, 6.45) is -0.681. The maximum atomic E-state index is 11.8. The van der Waals surface area contributed by atoms with Crippen molar-refractivity contribution in [2.45, 2.75) is 6.10 Å². The zero-order chi connectivity index (χ0) is 16.1. The minimum Gasteiger partial charge on any atom is -0.475 e. The third-order valence-electron chi connectivity index (χ3n) is 3.38. The van der Waals surface area contributed by atoms with E-state index in [-0.39, 0.29) is 0 Å². The monoisotopic (exact) mass is 324 g/mol. The van der Waals surface area contributed by atoms with E-state index in [1.807, 2.05) is 29.2 Å². The van der Waals surface area contributed by atoms with E-state index in [0.29, 0.717) is 17.4 Å². The van der Waals surface area contributed by atoms with Gasteiger partial charge in [-0.2, -0.15) is 0 Å². The fraction of sp³-hybridized carbons (Fsp3) is 0.467. The quantitative estimate of drug-likeness (QED) is 0.572. The lowest BCUT2D eigenvalue weighted by Crippen LogP contribution is -3.06. The highest BCUT2D eigenvalue weighted by atomic mass is 32.1. The number of fused-ring (bicyclic) bond motifs is 1. The zero-order valence-corrected chi connectivity index (χ0v) is 13.9. The molecule has 0 radical (unpaired) electrons. The molecule has 0 bridgehead atoms. The van der Waals surface area contributed by atoms with Gasteiger partial charge in [0.25, 0.3) is 0 Å². The average Bonchev–Trinajstić information content (AvgIpc) is 2.52. The summed E-state index contributed by atoms with van der Waals surface area (Å²) >= 11 is 5.48. The number of ether oxygens (including phenoxy) is 2. The predicted octanol–water partition coefficient (Wildman–Crippen LogP) is -0.554. The number of esters is 1. The summed E-state index contributed by atoms with van der Waals surface area (Å²) in [6.45, 7) is 2.06. The highest BCUT2D eigenvalue weighted by Crippen LogP contribution is 2.33. The molecule has 120 valence electrons. The minimum absolute atomic E-state index is 0.338. The third-order valence-corrected chi connectivity index (χ3v) is 3.75. The van der Waals surface area contributed by atoms with E-state index in [1.165, 1.54) is 12.0 Å². The molecule has 0 aromatic heterocycles. The van der Waals surface area contributed by atoms with Gasteiger partial charge in [-0.25, -0.2) is 4.79 Å². The van der Waals surface area contributed by atoms with E-state index < -0.39 is 12.1 Å². The van der Waals surface area contributed by atoms with Gasteiger partial charge >= 0.3 is 5.97 Å². The zero-order valence-electron chi connectivity index (χ0n) is 13.1. The van der Waals surface area contributed by atoms with Crippen molar-refractivity contribution in [3.63, 3.8) is 0 Å². The first-order valence-electron chi connectivity index (χ1n) is 7.21. The lowest BCUT2D eigenvalue weighted by molar-refractivity contribution is -0.856. The Hall–Kier alpha value is -1.86. The van der Waals surface area contributed by atoms with Crippen molar-refractivity contribution in [2.24, 2.45) is 0 Å². The third kappa shape index (κ3) is 3.86. The topological polar surface area (TPSA) is 55.2 Å². The Bertz CT molecular complexity index is 551. The molecule has 1 aromatic rings. The summed E-state index contributed by atoms with van der Waals surface area (Å²) in [5.41, 5.74) is 0.859. The van der Waals surface area contributed by atoms with Crippen LogP contribution in [0.25, 0.3) is 0 Å². The second-order valence-corrected chi connectivity index (χ2v) is 5.78. The van der Waals surface area contributed by atoms with Gasteiger partial charge < -0.3 is 24.6 Å². The molecule has 1 aliphatic rings. The molecule has 0 spiro atoms. The summed E-state index contributed by atoms with van der Waals surface area (Å²) in [5.74, 6) is 0.228. The summed E-state index contributed by atoms with van der Waals surface area (Å²) < 4.78 is 10.5. The molecule has 1 heterocycles. The van der Waals surface area contributed by atoms with Gasteiger partial charge in [-0.05, 0) is 24.4 Å². The number of rotatable bonds is 4. The molecule has 0 aliphatic carbocycles. The Kier molecular flexibility index (Phi) is 5.57. The second-order valence-electron chi connectivity index (χ2n) is 5.40. The van der Waals surface area contributed by atoms with Crippen LogP contribution in [0.1, 0.15) is 0 Å². The number of likely N-dealkylation sites (N-methyl/N-ethyl adjacent to an activating group) is 1. The number of nitrogens with zero attached hydrogens (tertiary/aromatic N) is 1. The van der Waals surface area contributed by atoms with Crippen LogP contribution in [-0.4, -0.2) is 58.0 Å². The van der Waals surface area contributed by atoms with Crippen LogP contribution in [0.2, 0.25) is 0 Å². The second kappa shape index (κ2) is 7.42. The molecule has 0 saturated heterocycles. The molecule has 2 N–H and O–H groups in total. The first-order chi connectivity index (χ1) is 10.5. The van der Waals surface area contributed by atoms with Crippen molar-refractivity contribution in [3.8, 4) is 5.75 Å². The van der Waals surface area contributed by atoms with E-state index >= 15 is 0 Å². The molecule has 0 amide bonds. The molecule has 2 rings (SSSR count). The van der Waals surface area contributed by atoms with Crippen LogP contribution in [0, 0.1) is 0 Å². The number of hydrogen-bond donors (Lipinski definition) is 2. The number of carbonyl (C=O) groups excluding carboxylic acids is 1. The predicted molar refractivity (Wildman–Crippen MR) is 88.5 cm³/mol. The van der Waals surface area contributed by atoms with Crippen molar-refractivity contribution >= 4 is 29.0 Å². The van der Waals surface area contributed by atoms with Crippen LogP contribution in [0.4, 0.5) is 5.69 Å². The Morgan fingerprint density at radius 3 is 2.91 bits per heavy atom. The van der Waals surface area contributed by atoms with Gasteiger partial charge in [0.2, 0.25) is 6.10 Å². The molecule has 1 aromatic carbocycles. The first-order valence-corrected chi connectivity index (χ1v) is 7.61. The molecule has 7 heteroatoms. The Labute approximate surface area is 136 Å². The van der Waals surface area contributed by atoms with E-state index in [4.69, 9.17) is 21.7 Å². The van der Waals surface area contributed by atoms with Crippen molar-refractivity contribution in [1.82, 2.24) is 5.32 Å². The highest BCUT2D eigenvalue weighted by Gasteiger charge is 2.33. The maximum Gasteiger partial charge on any atom is 0.348 e. The van der Waals surface area contributed by atoms with Gasteiger partial charge in [-0.15, -0.1) is 0 Å². The molecule has 22 heavy (non-hydrogen) atoms. The molecule has 0 saturated carbocycles. The number of nitrogens with one attached hydrogen (secondary N) is 2. The van der Waals surface area contributed by atoms with Crippen LogP contribution >= 0.6 is 12.2 Å². The SMILES string of the molecule is COC(=O)[C@H]1CN(C(=S)NCC[NH+](C)C)c2ccccc2O1. The van der Waals surface area contributed by atoms with E-state index in [0.717, 1.165) is 18.8 Å². The lowest BCUT2D eigenvalue weighted by Gasteiger charge is -2.35. The number of carbonyl (C=O) groups is 1. The maximum absolute atomic E-state index is 11.8. The van der Waals surface area contributed by atoms with E-state index in [1.54, 1.807) is 0 Å². The number of methoxy groups -OCH3 is 1. The van der Waals surface area contributed by atoms with Gasteiger partial charge in [-0.1, -0.05) is 12.1 Å². The summed E-state index contributed by atoms with van der Waals surface area (Å²) in [4.78, 5) is 15.0. The van der Waals surface area contributed by atoms with Crippen LogP contribution in [0.3, 0.4) is 0 Å². The van der Waals surface area contributed by atoms with E-state index in [2.05, 4.69) is 19.4 Å². The Morgan fingerprint density at radius 2 is 2.23 bits per heavy atom. The number of thiocarbonyl (C=S) groups is 1. The first kappa shape index (κ1) is 16.5. The Morgan fingerprint density at radius 1 is 1.50 bits per heavy atom. The van der Waals surface area contributed by atoms with Gasteiger partial charge in [0, 0.05) is 0 Å². The number of hydrogen-bond acceptors (Lipinski definition) is 4. The molecule has 0 unspecified atom stereocenters. The van der Waals surface area contributed by atoms with Gasteiger partial charge in [-0.3, -0.25) is 0 Å². The fourth-order valence-corrected chi connectivity index (χ4v) is 2.47. The Balaban J connectivity index is 2.14. The molecular weight excluding hydrogens is 302 g/mol. The summed E-state index contributed by atoms with van der Waals surface area (Å²) in [6, 6.07) is 7.53. The van der Waals surface area contributed by atoms with Crippen molar-refractivity contribution in [2.75, 3.05) is 45.7 Å². The molecular formula is C15H22N3O3S+. The van der Waals surface area contributed by atoms with Gasteiger partial charge in [0.1, 0.15) is 5.75 Å². The minimum atomic E-state index is -0.681. The van der Waals surface area contributed by atoms with Crippen LogP contribution in [-0.2, 0) is 9.53 Å². The number of benzene rings is 1. The van der Waals surface area contributed by atoms with Gasteiger partial charge in [0.15, 0.2) is 5.11 Å². The molecule has 0 fully saturated rings. The van der Waals surface area contributed by atoms with Crippen LogP contribution < -0.4 is 19.9 Å². The average molecular weight is 324 g/mol. The molecule has 1 aliphatic heterocycles. The van der Waals surface area contributed by atoms with Crippen LogP contribution in [0.15, 0.2) is 24.3 Å². The largest absolute Gasteiger partial charge is 0.475 e.